The fraction of sp³-hybridized carbons (Fsp3) is 0.471. The molecule has 0 saturated heterocycles. The maximum Gasteiger partial charge on any atom is 0.156 e. The van der Waals surface area contributed by atoms with Gasteiger partial charge >= 0.3 is 0 Å². The SMILES string of the molecule is CC1=CC(=O)CC(C)(C)C1.Cc1cc(C)cc(O)c1. The molecule has 0 atom stereocenters. The Morgan fingerprint density at radius 1 is 1.00 bits per heavy atom. The summed E-state index contributed by atoms with van der Waals surface area (Å²) in [5, 5.41) is 8.99. The fourth-order valence-electron chi connectivity index (χ4n) is 2.62. The molecule has 1 aromatic rings. The number of ketones is 1. The first-order valence-electron chi connectivity index (χ1n) is 6.65. The molecule has 2 heteroatoms. The van der Waals surface area contributed by atoms with Crippen LogP contribution in [-0.4, -0.2) is 10.9 Å². The average molecular weight is 260 g/mol. The van der Waals surface area contributed by atoms with Crippen molar-refractivity contribution in [3.05, 3.63) is 41.0 Å². The third-order valence-electron chi connectivity index (χ3n) is 3.02. The maximum atomic E-state index is 11.0. The van der Waals surface area contributed by atoms with Gasteiger partial charge in [0.15, 0.2) is 5.78 Å². The molecule has 2 nitrogen and oxygen atoms in total. The zero-order valence-corrected chi connectivity index (χ0v) is 12.6. The van der Waals surface area contributed by atoms with Gasteiger partial charge in [-0.3, -0.25) is 4.79 Å². The van der Waals surface area contributed by atoms with E-state index >= 15 is 0 Å². The van der Waals surface area contributed by atoms with Crippen molar-refractivity contribution in [2.45, 2.75) is 47.5 Å². The summed E-state index contributed by atoms with van der Waals surface area (Å²) < 4.78 is 0. The number of carbonyl (C=O) groups excluding carboxylic acids is 1. The first kappa shape index (κ1) is 15.5. The molecule has 0 aromatic heterocycles. The van der Waals surface area contributed by atoms with Gasteiger partial charge in [0.1, 0.15) is 5.75 Å². The summed E-state index contributed by atoms with van der Waals surface area (Å²) in [7, 11) is 0. The van der Waals surface area contributed by atoms with Crippen molar-refractivity contribution in [1.82, 2.24) is 0 Å². The highest BCUT2D eigenvalue weighted by Crippen LogP contribution is 2.32. The zero-order valence-electron chi connectivity index (χ0n) is 12.6. The molecule has 104 valence electrons. The summed E-state index contributed by atoms with van der Waals surface area (Å²) >= 11 is 0. The highest BCUT2D eigenvalue weighted by atomic mass is 16.3. The van der Waals surface area contributed by atoms with E-state index in [4.69, 9.17) is 5.11 Å². The predicted molar refractivity (Wildman–Crippen MR) is 79.4 cm³/mol. The van der Waals surface area contributed by atoms with Crippen molar-refractivity contribution in [2.24, 2.45) is 5.41 Å². The second-order valence-electron chi connectivity index (χ2n) is 6.32. The second kappa shape index (κ2) is 6.05. The van der Waals surface area contributed by atoms with Crippen molar-refractivity contribution in [3.8, 4) is 5.75 Å². The second-order valence-corrected chi connectivity index (χ2v) is 6.32. The van der Waals surface area contributed by atoms with E-state index in [9.17, 15) is 4.79 Å². The van der Waals surface area contributed by atoms with Crippen LogP contribution in [-0.2, 0) is 4.79 Å². The van der Waals surface area contributed by atoms with Crippen molar-refractivity contribution in [2.75, 3.05) is 0 Å². The first-order chi connectivity index (χ1) is 8.68. The van der Waals surface area contributed by atoms with Crippen LogP contribution in [0.15, 0.2) is 29.8 Å². The molecule has 1 aliphatic carbocycles. The quantitative estimate of drug-likeness (QED) is 0.753. The van der Waals surface area contributed by atoms with Crippen LogP contribution in [0, 0.1) is 19.3 Å². The zero-order chi connectivity index (χ0) is 14.6. The van der Waals surface area contributed by atoms with Crippen molar-refractivity contribution < 1.29 is 9.90 Å². The molecular formula is C17H24O2. The normalized spacial score (nSPS) is 17.3. The summed E-state index contributed by atoms with van der Waals surface area (Å²) in [5.74, 6) is 0.640. The molecule has 0 unspecified atom stereocenters. The number of carbonyl (C=O) groups is 1. The third kappa shape index (κ3) is 5.73. The van der Waals surface area contributed by atoms with Crippen LogP contribution >= 0.6 is 0 Å². The minimum absolute atomic E-state index is 0.204. The number of benzene rings is 1. The molecule has 0 fully saturated rings. The Morgan fingerprint density at radius 2 is 1.53 bits per heavy atom. The van der Waals surface area contributed by atoms with Gasteiger partial charge in [-0.05, 0) is 61.9 Å². The molecule has 1 aliphatic rings. The van der Waals surface area contributed by atoms with Gasteiger partial charge in [0.2, 0.25) is 0 Å². The summed E-state index contributed by atoms with van der Waals surface area (Å²) in [6.07, 6.45) is 3.55. The Labute approximate surface area is 116 Å². The fourth-order valence-corrected chi connectivity index (χ4v) is 2.62. The molecule has 0 amide bonds. The molecule has 0 aliphatic heterocycles. The summed E-state index contributed by atoms with van der Waals surface area (Å²) in [6, 6.07) is 5.51. The maximum absolute atomic E-state index is 11.0. The van der Waals surface area contributed by atoms with Crippen LogP contribution < -0.4 is 0 Å². The van der Waals surface area contributed by atoms with Crippen LogP contribution in [0.5, 0.6) is 5.75 Å². The predicted octanol–water partition coefficient (Wildman–Crippen LogP) is 4.33. The molecule has 0 heterocycles. The van der Waals surface area contributed by atoms with Crippen molar-refractivity contribution in [1.29, 1.82) is 0 Å². The number of allylic oxidation sites excluding steroid dienone is 2. The summed E-state index contributed by atoms with van der Waals surface area (Å²) in [4.78, 5) is 11.0. The van der Waals surface area contributed by atoms with E-state index in [1.165, 1.54) is 5.57 Å². The number of phenols is 1. The Kier molecular flexibility index (Phi) is 4.93. The minimum Gasteiger partial charge on any atom is -0.508 e. The highest BCUT2D eigenvalue weighted by Gasteiger charge is 2.25. The lowest BCUT2D eigenvalue weighted by molar-refractivity contribution is -0.117. The van der Waals surface area contributed by atoms with E-state index in [1.54, 1.807) is 18.2 Å². The lowest BCUT2D eigenvalue weighted by Gasteiger charge is -2.27. The average Bonchev–Trinajstić information content (AvgIpc) is 2.10. The van der Waals surface area contributed by atoms with Gasteiger partial charge < -0.3 is 5.11 Å². The van der Waals surface area contributed by atoms with E-state index in [0.717, 1.165) is 17.5 Å². The standard InChI is InChI=1S/C9H14O.C8H10O/c1-7-4-8(10)6-9(2,3)5-7;1-6-3-7(2)5-8(9)4-6/h4H,5-6H2,1-3H3;3-5,9H,1-2H3. The smallest absolute Gasteiger partial charge is 0.156 e. The Morgan fingerprint density at radius 3 is 1.89 bits per heavy atom. The number of rotatable bonds is 0. The van der Waals surface area contributed by atoms with Crippen LogP contribution in [0.2, 0.25) is 0 Å². The van der Waals surface area contributed by atoms with Gasteiger partial charge in [-0.2, -0.15) is 0 Å². The van der Waals surface area contributed by atoms with Gasteiger partial charge in [-0.15, -0.1) is 0 Å². The van der Waals surface area contributed by atoms with Crippen molar-refractivity contribution >= 4 is 5.78 Å². The van der Waals surface area contributed by atoms with Crippen molar-refractivity contribution in [3.63, 3.8) is 0 Å². The van der Waals surface area contributed by atoms with E-state index in [0.29, 0.717) is 12.2 Å². The Hall–Kier alpha value is -1.57. The Bertz CT molecular complexity index is 446. The number of hydrogen-bond acceptors (Lipinski definition) is 2. The lowest BCUT2D eigenvalue weighted by Crippen LogP contribution is -2.20. The van der Waals surface area contributed by atoms with Crippen LogP contribution in [0.3, 0.4) is 0 Å². The van der Waals surface area contributed by atoms with Crippen LogP contribution in [0.4, 0.5) is 0 Å². The van der Waals surface area contributed by atoms with Crippen LogP contribution in [0.25, 0.3) is 0 Å². The largest absolute Gasteiger partial charge is 0.508 e. The molecule has 0 radical (unpaired) electrons. The third-order valence-corrected chi connectivity index (χ3v) is 3.02. The van der Waals surface area contributed by atoms with Gasteiger partial charge in [-0.25, -0.2) is 0 Å². The molecule has 0 saturated carbocycles. The molecule has 2 rings (SSSR count). The first-order valence-corrected chi connectivity index (χ1v) is 6.65. The summed E-state index contributed by atoms with van der Waals surface area (Å²) in [5.41, 5.74) is 3.64. The molecule has 19 heavy (non-hydrogen) atoms. The number of hydrogen-bond donors (Lipinski definition) is 1. The highest BCUT2D eigenvalue weighted by molar-refractivity contribution is 5.91. The number of aryl methyl sites for hydroxylation is 2. The molecule has 0 spiro atoms. The van der Waals surface area contributed by atoms with Gasteiger partial charge in [0, 0.05) is 6.42 Å². The number of aromatic hydroxyl groups is 1. The van der Waals surface area contributed by atoms with E-state index in [1.807, 2.05) is 26.8 Å². The van der Waals surface area contributed by atoms with E-state index < -0.39 is 0 Å². The van der Waals surface area contributed by atoms with Gasteiger partial charge in [0.05, 0.1) is 0 Å². The van der Waals surface area contributed by atoms with E-state index in [-0.39, 0.29) is 11.2 Å². The molecular weight excluding hydrogens is 236 g/mol. The monoisotopic (exact) mass is 260 g/mol. The molecule has 0 bridgehead atoms. The van der Waals surface area contributed by atoms with Gasteiger partial charge in [-0.1, -0.05) is 25.5 Å². The van der Waals surface area contributed by atoms with E-state index in [2.05, 4.69) is 13.8 Å². The minimum atomic E-state index is 0.204. The Balaban J connectivity index is 0.000000191. The molecule has 1 aromatic carbocycles. The molecule has 1 N–H and O–H groups in total. The number of phenolic OH excluding ortho intramolecular Hbond substituents is 1. The topological polar surface area (TPSA) is 37.3 Å². The lowest BCUT2D eigenvalue weighted by atomic mass is 9.77. The summed E-state index contributed by atoms with van der Waals surface area (Å²) in [6.45, 7) is 10.2. The van der Waals surface area contributed by atoms with Gasteiger partial charge in [0.25, 0.3) is 0 Å². The van der Waals surface area contributed by atoms with Crippen LogP contribution in [0.1, 0.15) is 44.7 Å².